The monoisotopic (exact) mass is 311 g/mol. The van der Waals surface area contributed by atoms with Crippen molar-refractivity contribution in [3.05, 3.63) is 39.9 Å². The molecule has 106 valence electrons. The molecule has 0 aliphatic rings. The number of carbonyl (C=O) groups is 1. The zero-order valence-corrected chi connectivity index (χ0v) is 12.2. The van der Waals surface area contributed by atoms with Crippen molar-refractivity contribution in [1.82, 2.24) is 10.2 Å². The Bertz CT molecular complexity index is 571. The molecule has 0 amide bonds. The normalized spacial score (nSPS) is 10.4. The van der Waals surface area contributed by atoms with E-state index >= 15 is 0 Å². The molecular weight excluding hydrogens is 298 g/mol. The summed E-state index contributed by atoms with van der Waals surface area (Å²) in [5, 5.41) is 22.1. The largest absolute Gasteiger partial charge is 0.481 e. The molecule has 5 nitrogen and oxygen atoms in total. The number of nitrogens with zero attached hydrogens (tertiary/aromatic N) is 2. The minimum absolute atomic E-state index is 0.156. The van der Waals surface area contributed by atoms with Gasteiger partial charge in [-0.3, -0.25) is 4.79 Å². The van der Waals surface area contributed by atoms with Gasteiger partial charge in [-0.25, -0.2) is 0 Å². The minimum atomic E-state index is -0.785. The van der Waals surface area contributed by atoms with E-state index < -0.39 is 5.97 Å². The van der Waals surface area contributed by atoms with Crippen LogP contribution in [-0.4, -0.2) is 27.8 Å². The molecule has 2 N–H and O–H groups in total. The molecule has 1 aromatic carbocycles. The molecule has 0 aliphatic heterocycles. The highest BCUT2D eigenvalue weighted by atomic mass is 35.5. The summed E-state index contributed by atoms with van der Waals surface area (Å²) in [6.07, 6.45) is 1.44. The Kier molecular flexibility index (Phi) is 5.31. The maximum absolute atomic E-state index is 10.4. The van der Waals surface area contributed by atoms with Gasteiger partial charge in [-0.15, -0.1) is 10.2 Å². The maximum atomic E-state index is 10.4. The predicted octanol–water partition coefficient (Wildman–Crippen LogP) is 3.06. The van der Waals surface area contributed by atoms with Gasteiger partial charge in [0.15, 0.2) is 0 Å². The molecule has 1 heterocycles. The number of anilines is 1. The Morgan fingerprint density at radius 1 is 1.30 bits per heavy atom. The quantitative estimate of drug-likeness (QED) is 0.769. The van der Waals surface area contributed by atoms with Crippen molar-refractivity contribution in [3.63, 3.8) is 0 Å². The van der Waals surface area contributed by atoms with E-state index in [0.717, 1.165) is 15.7 Å². The van der Waals surface area contributed by atoms with Gasteiger partial charge in [0, 0.05) is 24.4 Å². The first-order valence-corrected chi connectivity index (χ1v) is 7.35. The van der Waals surface area contributed by atoms with Crippen molar-refractivity contribution in [2.24, 2.45) is 0 Å². The van der Waals surface area contributed by atoms with Crippen molar-refractivity contribution in [1.29, 1.82) is 0 Å². The fourth-order valence-electron chi connectivity index (χ4n) is 1.61. The average Bonchev–Trinajstić information content (AvgIpc) is 2.85. The number of aliphatic carboxylic acids is 1. The Morgan fingerprint density at radius 3 is 2.75 bits per heavy atom. The van der Waals surface area contributed by atoms with Crippen LogP contribution in [0, 0.1) is 0 Å². The first-order chi connectivity index (χ1) is 9.63. The molecule has 7 heteroatoms. The molecule has 0 saturated heterocycles. The van der Waals surface area contributed by atoms with Crippen molar-refractivity contribution in [2.75, 3.05) is 11.9 Å². The van der Waals surface area contributed by atoms with E-state index in [1.165, 1.54) is 11.3 Å². The average molecular weight is 312 g/mol. The number of hydrogen-bond donors (Lipinski definition) is 2. The molecule has 0 radical (unpaired) electrons. The summed E-state index contributed by atoms with van der Waals surface area (Å²) in [5.74, 6) is -0.785. The Labute approximate surface area is 125 Å². The lowest BCUT2D eigenvalue weighted by atomic mass is 10.2. The summed E-state index contributed by atoms with van der Waals surface area (Å²) in [6.45, 7) is 0.585. The van der Waals surface area contributed by atoms with Gasteiger partial charge in [-0.1, -0.05) is 35.1 Å². The lowest BCUT2D eigenvalue weighted by Gasteiger charge is -1.99. The van der Waals surface area contributed by atoms with Crippen molar-refractivity contribution in [2.45, 2.75) is 19.3 Å². The molecule has 1 aromatic heterocycles. The number of rotatable bonds is 7. The van der Waals surface area contributed by atoms with Crippen LogP contribution in [0.5, 0.6) is 0 Å². The zero-order valence-electron chi connectivity index (χ0n) is 10.7. The molecule has 2 rings (SSSR count). The maximum Gasteiger partial charge on any atom is 0.303 e. The molecule has 0 atom stereocenters. The molecule has 0 aliphatic carbocycles. The molecule has 0 fully saturated rings. The first-order valence-electron chi connectivity index (χ1n) is 6.16. The molecule has 20 heavy (non-hydrogen) atoms. The van der Waals surface area contributed by atoms with E-state index in [4.69, 9.17) is 16.7 Å². The summed E-state index contributed by atoms with van der Waals surface area (Å²) >= 11 is 7.31. The molecular formula is C13H14ClN3O2S. The van der Waals surface area contributed by atoms with Crippen molar-refractivity contribution >= 4 is 34.0 Å². The SMILES string of the molecule is O=C(O)CCCNc1nnc(Cc2ccc(Cl)cc2)s1. The second-order valence-electron chi connectivity index (χ2n) is 4.23. The smallest absolute Gasteiger partial charge is 0.303 e. The fourth-order valence-corrected chi connectivity index (χ4v) is 2.53. The standard InChI is InChI=1S/C13H14ClN3O2S/c14-10-5-3-9(4-6-10)8-11-16-17-13(20-11)15-7-1-2-12(18)19/h3-6H,1-2,7-8H2,(H,15,17)(H,18,19). The lowest BCUT2D eigenvalue weighted by Crippen LogP contribution is -2.04. The summed E-state index contributed by atoms with van der Waals surface area (Å²) in [6, 6.07) is 7.62. The Hall–Kier alpha value is -1.66. The molecule has 0 unspecified atom stereocenters. The molecule has 0 spiro atoms. The number of aromatic nitrogens is 2. The minimum Gasteiger partial charge on any atom is -0.481 e. The molecule has 0 saturated carbocycles. The highest BCUT2D eigenvalue weighted by Crippen LogP contribution is 2.19. The predicted molar refractivity (Wildman–Crippen MR) is 79.5 cm³/mol. The van der Waals surface area contributed by atoms with Crippen molar-refractivity contribution < 1.29 is 9.90 Å². The van der Waals surface area contributed by atoms with E-state index in [0.29, 0.717) is 24.4 Å². The van der Waals surface area contributed by atoms with Crippen LogP contribution in [0.4, 0.5) is 5.13 Å². The second kappa shape index (κ2) is 7.21. The van der Waals surface area contributed by atoms with Crippen molar-refractivity contribution in [3.8, 4) is 0 Å². The fraction of sp³-hybridized carbons (Fsp3) is 0.308. The van der Waals surface area contributed by atoms with E-state index in [9.17, 15) is 4.79 Å². The molecule has 2 aromatic rings. The summed E-state index contributed by atoms with van der Waals surface area (Å²) < 4.78 is 0. The van der Waals surface area contributed by atoms with Gasteiger partial charge >= 0.3 is 5.97 Å². The van der Waals surface area contributed by atoms with Crippen LogP contribution in [0.3, 0.4) is 0 Å². The van der Waals surface area contributed by atoms with E-state index in [2.05, 4.69) is 15.5 Å². The van der Waals surface area contributed by atoms with E-state index in [1.54, 1.807) is 0 Å². The van der Waals surface area contributed by atoms with Gasteiger partial charge in [0.2, 0.25) is 5.13 Å². The zero-order chi connectivity index (χ0) is 14.4. The van der Waals surface area contributed by atoms with Gasteiger partial charge in [0.05, 0.1) is 0 Å². The van der Waals surface area contributed by atoms with Crippen LogP contribution in [0.25, 0.3) is 0 Å². The summed E-state index contributed by atoms with van der Waals surface area (Å²) in [5.41, 5.74) is 1.13. The highest BCUT2D eigenvalue weighted by molar-refractivity contribution is 7.15. The van der Waals surface area contributed by atoms with Crippen LogP contribution >= 0.6 is 22.9 Å². The molecule has 0 bridgehead atoms. The van der Waals surface area contributed by atoms with Gasteiger partial charge in [0.1, 0.15) is 5.01 Å². The second-order valence-corrected chi connectivity index (χ2v) is 5.73. The van der Waals surface area contributed by atoms with E-state index in [1.807, 2.05) is 24.3 Å². The van der Waals surface area contributed by atoms with Crippen LogP contribution in [0.2, 0.25) is 5.02 Å². The Balaban J connectivity index is 1.82. The number of carboxylic acids is 1. The van der Waals surface area contributed by atoms with Gasteiger partial charge in [-0.05, 0) is 24.1 Å². The third-order valence-electron chi connectivity index (χ3n) is 2.58. The van der Waals surface area contributed by atoms with Crippen LogP contribution in [0.1, 0.15) is 23.4 Å². The number of hydrogen-bond acceptors (Lipinski definition) is 5. The topological polar surface area (TPSA) is 75.1 Å². The third-order valence-corrected chi connectivity index (χ3v) is 3.71. The first kappa shape index (κ1) is 14.7. The summed E-state index contributed by atoms with van der Waals surface area (Å²) in [4.78, 5) is 10.4. The van der Waals surface area contributed by atoms with Gasteiger partial charge < -0.3 is 10.4 Å². The summed E-state index contributed by atoms with van der Waals surface area (Å²) in [7, 11) is 0. The highest BCUT2D eigenvalue weighted by Gasteiger charge is 2.05. The van der Waals surface area contributed by atoms with Crippen LogP contribution in [0.15, 0.2) is 24.3 Å². The van der Waals surface area contributed by atoms with Crippen LogP contribution in [-0.2, 0) is 11.2 Å². The van der Waals surface area contributed by atoms with Crippen LogP contribution < -0.4 is 5.32 Å². The number of carboxylic acid groups (broad SMARTS) is 1. The van der Waals surface area contributed by atoms with E-state index in [-0.39, 0.29) is 6.42 Å². The Morgan fingerprint density at radius 2 is 2.05 bits per heavy atom. The number of benzene rings is 1. The third kappa shape index (κ3) is 4.79. The lowest BCUT2D eigenvalue weighted by molar-refractivity contribution is -0.137. The number of nitrogens with one attached hydrogen (secondary N) is 1. The van der Waals surface area contributed by atoms with Gasteiger partial charge in [-0.2, -0.15) is 0 Å². The number of halogens is 1. The van der Waals surface area contributed by atoms with Gasteiger partial charge in [0.25, 0.3) is 0 Å².